The van der Waals surface area contributed by atoms with Crippen molar-refractivity contribution in [1.29, 1.82) is 0 Å². The lowest BCUT2D eigenvalue weighted by molar-refractivity contribution is -0.146. The molecule has 0 saturated heterocycles. The Balaban J connectivity index is 0.00000341. The molecule has 0 radical (unpaired) electrons. The van der Waals surface area contributed by atoms with Crippen molar-refractivity contribution in [2.24, 2.45) is 11.7 Å². The maximum atomic E-state index is 12.6. The molecule has 0 bridgehead atoms. The highest BCUT2D eigenvalue weighted by Crippen LogP contribution is 2.26. The van der Waals surface area contributed by atoms with Gasteiger partial charge in [-0.3, -0.25) is 9.59 Å². The van der Waals surface area contributed by atoms with Gasteiger partial charge in [0.15, 0.2) is 0 Å². The van der Waals surface area contributed by atoms with Crippen LogP contribution in [0.1, 0.15) is 50.8 Å². The third kappa shape index (κ3) is 6.15. The predicted molar refractivity (Wildman–Crippen MR) is 118 cm³/mol. The zero-order chi connectivity index (χ0) is 21.7. The van der Waals surface area contributed by atoms with Gasteiger partial charge >= 0.3 is 5.97 Å². The minimum absolute atomic E-state index is 0. The standard InChI is InChI=1S/C22H30N4O4.CH4/c1-22(2,23)21(28)25-18(14-30-13-15-7-5-4-6-8-15)19-24-12-17-11-16(20(27)29-3)9-10-26(17)19;/h4-8,12,16,18H,9-11,13-14,23H2,1-3H3,(H,25,28);1H4/t16?,18-;/m1./s1. The Labute approximate surface area is 184 Å². The molecule has 1 unspecified atom stereocenters. The smallest absolute Gasteiger partial charge is 0.309 e. The van der Waals surface area contributed by atoms with Crippen LogP contribution in [0.15, 0.2) is 36.5 Å². The average Bonchev–Trinajstić information content (AvgIpc) is 3.15. The number of benzene rings is 1. The maximum absolute atomic E-state index is 12.6. The summed E-state index contributed by atoms with van der Waals surface area (Å²) in [5, 5.41) is 2.98. The second-order valence-electron chi connectivity index (χ2n) is 8.22. The molecule has 8 heteroatoms. The van der Waals surface area contributed by atoms with Crippen LogP contribution in [-0.2, 0) is 38.6 Å². The molecule has 0 spiro atoms. The number of hydrogen-bond acceptors (Lipinski definition) is 6. The highest BCUT2D eigenvalue weighted by molar-refractivity contribution is 5.85. The Morgan fingerprint density at radius 3 is 2.68 bits per heavy atom. The number of imidazole rings is 1. The van der Waals surface area contributed by atoms with Crippen molar-refractivity contribution in [2.45, 2.75) is 58.8 Å². The van der Waals surface area contributed by atoms with E-state index in [9.17, 15) is 9.59 Å². The molecular weight excluding hydrogens is 396 g/mol. The molecule has 0 aliphatic carbocycles. The average molecular weight is 431 g/mol. The second kappa shape index (κ2) is 10.5. The Bertz CT molecular complexity index is 873. The molecule has 0 fully saturated rings. The molecule has 0 saturated carbocycles. The van der Waals surface area contributed by atoms with Crippen LogP contribution in [0, 0.1) is 5.92 Å². The summed E-state index contributed by atoms with van der Waals surface area (Å²) < 4.78 is 12.8. The van der Waals surface area contributed by atoms with Gasteiger partial charge in [0, 0.05) is 24.9 Å². The molecular formula is C23H34N4O4. The summed E-state index contributed by atoms with van der Waals surface area (Å²) in [5.74, 6) is 0.0534. The largest absolute Gasteiger partial charge is 0.469 e. The number of carbonyl (C=O) groups is 2. The van der Waals surface area contributed by atoms with Crippen LogP contribution in [-0.4, -0.2) is 40.7 Å². The van der Waals surface area contributed by atoms with Gasteiger partial charge in [-0.1, -0.05) is 37.8 Å². The van der Waals surface area contributed by atoms with Gasteiger partial charge in [-0.15, -0.1) is 0 Å². The van der Waals surface area contributed by atoms with E-state index in [4.69, 9.17) is 15.2 Å². The molecule has 2 aromatic rings. The zero-order valence-electron chi connectivity index (χ0n) is 17.8. The first kappa shape index (κ1) is 24.6. The summed E-state index contributed by atoms with van der Waals surface area (Å²) in [6, 6.07) is 9.39. The lowest BCUT2D eigenvalue weighted by Gasteiger charge is -2.27. The molecule has 1 aliphatic rings. The minimum atomic E-state index is -1.02. The van der Waals surface area contributed by atoms with Crippen LogP contribution in [0.2, 0.25) is 0 Å². The van der Waals surface area contributed by atoms with Crippen molar-refractivity contribution < 1.29 is 19.1 Å². The van der Waals surface area contributed by atoms with E-state index in [1.807, 2.05) is 30.3 Å². The molecule has 3 N–H and O–H groups in total. The van der Waals surface area contributed by atoms with Gasteiger partial charge in [0.1, 0.15) is 11.9 Å². The molecule has 1 aliphatic heterocycles. The molecule has 1 aromatic heterocycles. The van der Waals surface area contributed by atoms with Crippen molar-refractivity contribution in [2.75, 3.05) is 13.7 Å². The number of methoxy groups -OCH3 is 1. The zero-order valence-corrected chi connectivity index (χ0v) is 17.8. The first-order valence-corrected chi connectivity index (χ1v) is 10.1. The Kier molecular flexibility index (Phi) is 8.36. The highest BCUT2D eigenvalue weighted by Gasteiger charge is 2.32. The summed E-state index contributed by atoms with van der Waals surface area (Å²) in [5.41, 5.74) is 6.94. The lowest BCUT2D eigenvalue weighted by atomic mass is 9.96. The van der Waals surface area contributed by atoms with Crippen LogP contribution in [0.4, 0.5) is 0 Å². The lowest BCUT2D eigenvalue weighted by Crippen LogP contribution is -2.51. The maximum Gasteiger partial charge on any atom is 0.309 e. The number of nitrogens with one attached hydrogen (secondary N) is 1. The van der Waals surface area contributed by atoms with E-state index < -0.39 is 11.6 Å². The molecule has 8 nitrogen and oxygen atoms in total. The Morgan fingerprint density at radius 2 is 2.03 bits per heavy atom. The summed E-state index contributed by atoms with van der Waals surface area (Å²) in [6.07, 6.45) is 2.99. The van der Waals surface area contributed by atoms with Crippen LogP contribution < -0.4 is 11.1 Å². The highest BCUT2D eigenvalue weighted by atomic mass is 16.5. The van der Waals surface area contributed by atoms with Gasteiger partial charge in [-0.2, -0.15) is 0 Å². The number of nitrogens with two attached hydrogens (primary N) is 1. The molecule has 2 atom stereocenters. The van der Waals surface area contributed by atoms with E-state index in [0.717, 1.165) is 11.3 Å². The van der Waals surface area contributed by atoms with Crippen LogP contribution in [0.25, 0.3) is 0 Å². The molecule has 1 amide bonds. The van der Waals surface area contributed by atoms with Gasteiger partial charge < -0.3 is 25.1 Å². The number of ether oxygens (including phenoxy) is 2. The third-order valence-electron chi connectivity index (χ3n) is 5.26. The number of aromatic nitrogens is 2. The SMILES string of the molecule is C.COC(=O)C1CCn2c(cnc2[C@@H](COCc2ccccc2)NC(=O)C(C)(C)N)C1. The summed E-state index contributed by atoms with van der Waals surface area (Å²) in [6.45, 7) is 4.63. The van der Waals surface area contributed by atoms with Crippen LogP contribution >= 0.6 is 0 Å². The predicted octanol–water partition coefficient (Wildman–Crippen LogP) is 2.37. The van der Waals surface area contributed by atoms with Crippen molar-refractivity contribution in [3.63, 3.8) is 0 Å². The molecule has 31 heavy (non-hydrogen) atoms. The monoisotopic (exact) mass is 430 g/mol. The number of amides is 1. The van der Waals surface area contributed by atoms with Crippen LogP contribution in [0.5, 0.6) is 0 Å². The van der Waals surface area contributed by atoms with E-state index in [1.54, 1.807) is 20.0 Å². The molecule has 170 valence electrons. The fraction of sp³-hybridized carbons (Fsp3) is 0.522. The van der Waals surface area contributed by atoms with Gasteiger partial charge in [-0.05, 0) is 25.8 Å². The first-order chi connectivity index (χ1) is 14.3. The summed E-state index contributed by atoms with van der Waals surface area (Å²) >= 11 is 0. The van der Waals surface area contributed by atoms with Crippen molar-refractivity contribution >= 4 is 11.9 Å². The van der Waals surface area contributed by atoms with E-state index in [0.29, 0.717) is 31.8 Å². The van der Waals surface area contributed by atoms with Gasteiger partial charge in [0.25, 0.3) is 0 Å². The van der Waals surface area contributed by atoms with Crippen LogP contribution in [0.3, 0.4) is 0 Å². The number of nitrogens with zero attached hydrogens (tertiary/aromatic N) is 2. The van der Waals surface area contributed by atoms with E-state index in [1.165, 1.54) is 7.11 Å². The van der Waals surface area contributed by atoms with E-state index in [2.05, 4.69) is 14.9 Å². The Morgan fingerprint density at radius 1 is 1.32 bits per heavy atom. The number of fused-ring (bicyclic) bond motifs is 1. The summed E-state index contributed by atoms with van der Waals surface area (Å²) in [7, 11) is 1.41. The van der Waals surface area contributed by atoms with Crippen molar-refractivity contribution in [3.05, 3.63) is 53.6 Å². The normalized spacial score (nSPS) is 16.6. The number of esters is 1. The number of hydrogen-bond donors (Lipinski definition) is 2. The minimum Gasteiger partial charge on any atom is -0.469 e. The van der Waals surface area contributed by atoms with E-state index >= 15 is 0 Å². The summed E-state index contributed by atoms with van der Waals surface area (Å²) in [4.78, 5) is 29.0. The van der Waals surface area contributed by atoms with Crippen molar-refractivity contribution in [3.8, 4) is 0 Å². The molecule has 3 rings (SSSR count). The molecule has 1 aromatic carbocycles. The number of carbonyl (C=O) groups excluding carboxylic acids is 2. The topological polar surface area (TPSA) is 108 Å². The van der Waals surface area contributed by atoms with Crippen molar-refractivity contribution in [1.82, 2.24) is 14.9 Å². The van der Waals surface area contributed by atoms with Gasteiger partial charge in [0.05, 0.1) is 31.8 Å². The quantitative estimate of drug-likeness (QED) is 0.623. The fourth-order valence-corrected chi connectivity index (χ4v) is 3.53. The first-order valence-electron chi connectivity index (χ1n) is 10.1. The third-order valence-corrected chi connectivity index (χ3v) is 5.26. The molecule has 2 heterocycles. The Hall–Kier alpha value is -2.71. The van der Waals surface area contributed by atoms with Gasteiger partial charge in [-0.25, -0.2) is 4.98 Å². The van der Waals surface area contributed by atoms with E-state index in [-0.39, 0.29) is 31.8 Å². The van der Waals surface area contributed by atoms with Gasteiger partial charge in [0.2, 0.25) is 5.91 Å². The second-order valence-corrected chi connectivity index (χ2v) is 8.22. The number of rotatable bonds is 8. The fourth-order valence-electron chi connectivity index (χ4n) is 3.53.